The van der Waals surface area contributed by atoms with Crippen molar-refractivity contribution in [1.29, 1.82) is 0 Å². The third kappa shape index (κ3) is 2.89. The first-order valence-corrected chi connectivity index (χ1v) is 7.99. The number of aryl methyl sites for hydroxylation is 1. The van der Waals surface area contributed by atoms with Gasteiger partial charge in [-0.1, -0.05) is 19.1 Å². The number of allylic oxidation sites excluding steroid dienone is 1. The van der Waals surface area contributed by atoms with Crippen LogP contribution in [0.3, 0.4) is 0 Å². The van der Waals surface area contributed by atoms with E-state index in [4.69, 9.17) is 4.74 Å². The Bertz CT molecular complexity index is 626. The predicted molar refractivity (Wildman–Crippen MR) is 82.8 cm³/mol. The molecule has 0 radical (unpaired) electrons. The molecule has 1 saturated carbocycles. The summed E-state index contributed by atoms with van der Waals surface area (Å²) < 4.78 is 33.8. The number of hydrogen-bond donors (Lipinski definition) is 0. The largest absolute Gasteiger partial charge is 0.462 e. The average Bonchev–Trinajstić information content (AvgIpc) is 2.75. The summed E-state index contributed by atoms with van der Waals surface area (Å²) in [7, 11) is 0. The molecule has 0 N–H and O–H groups in total. The fourth-order valence-electron chi connectivity index (χ4n) is 3.81. The lowest BCUT2D eigenvalue weighted by atomic mass is 9.64. The maximum absolute atomic E-state index is 14.3. The Kier molecular flexibility index (Phi) is 3.98. The number of alkyl halides is 2. The maximum Gasteiger partial charge on any atom is 0.309 e. The lowest BCUT2D eigenvalue weighted by molar-refractivity contribution is -0.152. The third-order valence-electron chi connectivity index (χ3n) is 5.21. The van der Waals surface area contributed by atoms with Crippen LogP contribution in [0.1, 0.15) is 31.5 Å². The van der Waals surface area contributed by atoms with Gasteiger partial charge in [-0.05, 0) is 37.5 Å². The Morgan fingerprint density at radius 3 is 2.74 bits per heavy atom. The van der Waals surface area contributed by atoms with Crippen molar-refractivity contribution < 1.29 is 18.3 Å². The monoisotopic (exact) mass is 321 g/mol. The van der Waals surface area contributed by atoms with Gasteiger partial charge in [0.1, 0.15) is 6.10 Å². The number of carbonyl (C=O) groups excluding carboxylic acids is 1. The predicted octanol–water partition coefficient (Wildman–Crippen LogP) is 3.87. The molecule has 2 heterocycles. The fourth-order valence-corrected chi connectivity index (χ4v) is 3.81. The molecule has 1 aromatic heterocycles. The summed E-state index contributed by atoms with van der Waals surface area (Å²) in [6, 6.07) is 3.79. The highest BCUT2D eigenvalue weighted by molar-refractivity contribution is 5.75. The second-order valence-corrected chi connectivity index (χ2v) is 6.78. The number of halogens is 2. The Balaban J connectivity index is 1.90. The molecule has 0 aromatic carbocycles. The van der Waals surface area contributed by atoms with Crippen LogP contribution >= 0.6 is 0 Å². The van der Waals surface area contributed by atoms with Crippen molar-refractivity contribution in [2.45, 2.75) is 39.2 Å². The first kappa shape index (κ1) is 16.1. The highest BCUT2D eigenvalue weighted by Gasteiger charge is 2.59. The fraction of sp³-hybridized carbons (Fsp3) is 0.556. The molecule has 1 saturated heterocycles. The molecule has 124 valence electrons. The van der Waals surface area contributed by atoms with Gasteiger partial charge in [-0.2, -0.15) is 0 Å². The van der Waals surface area contributed by atoms with Gasteiger partial charge in [0.15, 0.2) is 0 Å². The first-order chi connectivity index (χ1) is 10.8. The second-order valence-electron chi connectivity index (χ2n) is 6.78. The van der Waals surface area contributed by atoms with E-state index in [9.17, 15) is 13.6 Å². The molecule has 1 aromatic rings. The number of nitrogens with zero attached hydrogens (tertiary/aromatic N) is 1. The van der Waals surface area contributed by atoms with Crippen molar-refractivity contribution in [2.75, 3.05) is 0 Å². The number of pyridine rings is 1. The summed E-state index contributed by atoms with van der Waals surface area (Å²) >= 11 is 0. The molecule has 0 unspecified atom stereocenters. The quantitative estimate of drug-likeness (QED) is 0.776. The summed E-state index contributed by atoms with van der Waals surface area (Å²) in [6.07, 6.45) is 4.56. The van der Waals surface area contributed by atoms with Crippen molar-refractivity contribution in [3.8, 4) is 0 Å². The van der Waals surface area contributed by atoms with Gasteiger partial charge in [-0.15, -0.1) is 0 Å². The molecule has 0 bridgehead atoms. The number of cyclic esters (lactones) is 1. The van der Waals surface area contributed by atoms with E-state index in [2.05, 4.69) is 4.98 Å². The van der Waals surface area contributed by atoms with Crippen LogP contribution in [0, 0.1) is 30.6 Å². The molecule has 1 aliphatic carbocycles. The van der Waals surface area contributed by atoms with E-state index in [-0.39, 0.29) is 12.0 Å². The van der Waals surface area contributed by atoms with Crippen LogP contribution in [0.2, 0.25) is 0 Å². The van der Waals surface area contributed by atoms with Crippen LogP contribution in [0.4, 0.5) is 8.78 Å². The summed E-state index contributed by atoms with van der Waals surface area (Å²) in [5.74, 6) is -5.49. The highest BCUT2D eigenvalue weighted by atomic mass is 19.3. The Morgan fingerprint density at radius 2 is 2.09 bits per heavy atom. The van der Waals surface area contributed by atoms with Gasteiger partial charge in [0.25, 0.3) is 5.92 Å². The minimum absolute atomic E-state index is 0.196. The number of ether oxygens (including phenoxy) is 1. The van der Waals surface area contributed by atoms with E-state index in [0.717, 1.165) is 11.3 Å². The van der Waals surface area contributed by atoms with Crippen LogP contribution in [-0.2, 0) is 9.53 Å². The smallest absolute Gasteiger partial charge is 0.309 e. The van der Waals surface area contributed by atoms with Crippen LogP contribution in [-0.4, -0.2) is 23.0 Å². The molecule has 1 aliphatic heterocycles. The molecule has 5 atom stereocenters. The van der Waals surface area contributed by atoms with Gasteiger partial charge in [0.05, 0.1) is 11.6 Å². The molecule has 0 amide bonds. The number of carbonyl (C=O) groups is 1. The van der Waals surface area contributed by atoms with Crippen LogP contribution in [0.15, 0.2) is 24.4 Å². The summed E-state index contributed by atoms with van der Waals surface area (Å²) in [6.45, 7) is 5.30. The zero-order chi connectivity index (χ0) is 16.8. The molecule has 0 spiro atoms. The summed E-state index contributed by atoms with van der Waals surface area (Å²) in [4.78, 5) is 16.1. The van der Waals surface area contributed by atoms with Crippen molar-refractivity contribution in [3.05, 3.63) is 35.7 Å². The molecule has 3 nitrogen and oxygen atoms in total. The van der Waals surface area contributed by atoms with Crippen LogP contribution < -0.4 is 0 Å². The van der Waals surface area contributed by atoms with Gasteiger partial charge in [0.2, 0.25) is 0 Å². The van der Waals surface area contributed by atoms with Gasteiger partial charge in [-0.25, -0.2) is 8.78 Å². The van der Waals surface area contributed by atoms with Crippen LogP contribution in [0.5, 0.6) is 0 Å². The topological polar surface area (TPSA) is 39.2 Å². The Morgan fingerprint density at radius 1 is 1.35 bits per heavy atom. The van der Waals surface area contributed by atoms with Gasteiger partial charge in [0, 0.05) is 24.5 Å². The van der Waals surface area contributed by atoms with E-state index in [0.29, 0.717) is 0 Å². The molecule has 2 fully saturated rings. The van der Waals surface area contributed by atoms with Gasteiger partial charge in [-0.3, -0.25) is 9.78 Å². The van der Waals surface area contributed by atoms with Crippen molar-refractivity contribution in [3.63, 3.8) is 0 Å². The standard InChI is InChI=1S/C18H21F2NO2/c1-10-4-5-13(21-9-10)6-7-14-11(2)18(19,20)8-15-16(14)12(3)23-17(15)22/h4-7,9,11-12,14-16H,8H2,1-3H3/b7-6+/t11-,12+,14-,15+,16-/m0/s1. The molecular weight excluding hydrogens is 300 g/mol. The van der Waals surface area contributed by atoms with Crippen molar-refractivity contribution in [2.24, 2.45) is 23.7 Å². The Hall–Kier alpha value is -1.78. The zero-order valence-corrected chi connectivity index (χ0v) is 13.5. The first-order valence-electron chi connectivity index (χ1n) is 7.99. The van der Waals surface area contributed by atoms with E-state index in [1.165, 1.54) is 0 Å². The van der Waals surface area contributed by atoms with E-state index < -0.39 is 36.1 Å². The molecule has 5 heteroatoms. The normalized spacial score (nSPS) is 36.0. The van der Waals surface area contributed by atoms with Gasteiger partial charge >= 0.3 is 5.97 Å². The van der Waals surface area contributed by atoms with Gasteiger partial charge < -0.3 is 4.74 Å². The molecule has 23 heavy (non-hydrogen) atoms. The zero-order valence-electron chi connectivity index (χ0n) is 13.5. The Labute approximate surface area is 134 Å². The van der Waals surface area contributed by atoms with E-state index in [1.54, 1.807) is 32.2 Å². The molecule has 3 rings (SSSR count). The minimum atomic E-state index is -2.86. The van der Waals surface area contributed by atoms with E-state index >= 15 is 0 Å². The summed E-state index contributed by atoms with van der Waals surface area (Å²) in [5, 5.41) is 0. The molecular formula is C18H21F2NO2. The lowest BCUT2D eigenvalue weighted by Gasteiger charge is -2.41. The van der Waals surface area contributed by atoms with Crippen LogP contribution in [0.25, 0.3) is 6.08 Å². The maximum atomic E-state index is 14.3. The number of esters is 1. The number of hydrogen-bond acceptors (Lipinski definition) is 3. The third-order valence-corrected chi connectivity index (χ3v) is 5.21. The second kappa shape index (κ2) is 5.69. The number of fused-ring (bicyclic) bond motifs is 1. The molecule has 2 aliphatic rings. The van der Waals surface area contributed by atoms with E-state index in [1.807, 2.05) is 19.1 Å². The minimum Gasteiger partial charge on any atom is -0.462 e. The SMILES string of the molecule is Cc1ccc(/C=C/[C@@H]2[C@@H]3[C@@H](C)OC(=O)[C@@H]3CC(F)(F)[C@H]2C)nc1. The van der Waals surface area contributed by atoms with Crippen molar-refractivity contribution in [1.82, 2.24) is 4.98 Å². The summed E-state index contributed by atoms with van der Waals surface area (Å²) in [5.41, 5.74) is 1.77. The average molecular weight is 321 g/mol. The lowest BCUT2D eigenvalue weighted by Crippen LogP contribution is -2.46. The highest BCUT2D eigenvalue weighted by Crippen LogP contribution is 2.52. The number of rotatable bonds is 2. The van der Waals surface area contributed by atoms with Crippen molar-refractivity contribution >= 4 is 12.0 Å². The number of aromatic nitrogens is 1.